The SMILES string of the molecule is CC(C)[C@@H]1CC[C@@]2(C)[C@@H](O)CCC(CO)=C[C@@H]12. The lowest BCUT2D eigenvalue weighted by atomic mass is 9.71. The van der Waals surface area contributed by atoms with Crippen LogP contribution in [-0.4, -0.2) is 22.9 Å². The summed E-state index contributed by atoms with van der Waals surface area (Å²) in [5.74, 6) is 1.76. The first-order valence-electron chi connectivity index (χ1n) is 6.97. The van der Waals surface area contributed by atoms with E-state index < -0.39 is 0 Å². The topological polar surface area (TPSA) is 40.5 Å². The summed E-state index contributed by atoms with van der Waals surface area (Å²) >= 11 is 0. The molecule has 2 rings (SSSR count). The minimum atomic E-state index is -0.212. The van der Waals surface area contributed by atoms with E-state index in [0.717, 1.165) is 24.8 Å². The van der Waals surface area contributed by atoms with Crippen LogP contribution < -0.4 is 0 Å². The van der Waals surface area contributed by atoms with Gasteiger partial charge in [-0.25, -0.2) is 0 Å². The van der Waals surface area contributed by atoms with Gasteiger partial charge in [0.15, 0.2) is 0 Å². The van der Waals surface area contributed by atoms with Crippen LogP contribution in [0.15, 0.2) is 11.6 Å². The van der Waals surface area contributed by atoms with E-state index in [-0.39, 0.29) is 18.1 Å². The first-order valence-corrected chi connectivity index (χ1v) is 6.97. The quantitative estimate of drug-likeness (QED) is 0.726. The average Bonchev–Trinajstić information content (AvgIpc) is 2.57. The Kier molecular flexibility index (Phi) is 3.65. The van der Waals surface area contributed by atoms with Gasteiger partial charge in [0, 0.05) is 5.41 Å². The van der Waals surface area contributed by atoms with Crippen LogP contribution in [0.5, 0.6) is 0 Å². The molecule has 4 atom stereocenters. The molecule has 0 aromatic rings. The maximum absolute atomic E-state index is 10.4. The largest absolute Gasteiger partial charge is 0.393 e. The van der Waals surface area contributed by atoms with E-state index >= 15 is 0 Å². The minimum absolute atomic E-state index is 0.0336. The van der Waals surface area contributed by atoms with Gasteiger partial charge in [0.2, 0.25) is 0 Å². The molecule has 2 aliphatic carbocycles. The van der Waals surface area contributed by atoms with Crippen molar-refractivity contribution in [1.29, 1.82) is 0 Å². The van der Waals surface area contributed by atoms with Crippen LogP contribution in [0.25, 0.3) is 0 Å². The van der Waals surface area contributed by atoms with Crippen LogP contribution in [-0.2, 0) is 0 Å². The molecule has 0 aromatic heterocycles. The number of allylic oxidation sites excluding steroid dienone is 1. The van der Waals surface area contributed by atoms with E-state index in [4.69, 9.17) is 0 Å². The highest BCUT2D eigenvalue weighted by Crippen LogP contribution is 2.54. The molecule has 0 aromatic carbocycles. The van der Waals surface area contributed by atoms with Gasteiger partial charge < -0.3 is 10.2 Å². The molecule has 0 saturated heterocycles. The second-order valence-electron chi connectivity index (χ2n) is 6.52. The highest BCUT2D eigenvalue weighted by atomic mass is 16.3. The molecule has 98 valence electrons. The molecule has 0 spiro atoms. The van der Waals surface area contributed by atoms with Gasteiger partial charge in [-0.05, 0) is 49.0 Å². The Morgan fingerprint density at radius 3 is 2.71 bits per heavy atom. The number of aliphatic hydroxyl groups is 2. The van der Waals surface area contributed by atoms with Crippen molar-refractivity contribution in [3.8, 4) is 0 Å². The van der Waals surface area contributed by atoms with Crippen LogP contribution in [0.3, 0.4) is 0 Å². The Morgan fingerprint density at radius 2 is 2.12 bits per heavy atom. The van der Waals surface area contributed by atoms with Gasteiger partial charge in [-0.3, -0.25) is 0 Å². The zero-order valence-corrected chi connectivity index (χ0v) is 11.3. The first-order chi connectivity index (χ1) is 7.99. The summed E-state index contributed by atoms with van der Waals surface area (Å²) in [6.45, 7) is 6.95. The Labute approximate surface area is 105 Å². The minimum Gasteiger partial charge on any atom is -0.393 e. The average molecular weight is 238 g/mol. The van der Waals surface area contributed by atoms with Crippen molar-refractivity contribution in [1.82, 2.24) is 0 Å². The van der Waals surface area contributed by atoms with Gasteiger partial charge in [0.25, 0.3) is 0 Å². The molecule has 0 unspecified atom stereocenters. The molecule has 1 fully saturated rings. The molecule has 2 N–H and O–H groups in total. The highest BCUT2D eigenvalue weighted by molar-refractivity contribution is 5.16. The maximum atomic E-state index is 10.4. The van der Waals surface area contributed by atoms with Crippen molar-refractivity contribution < 1.29 is 10.2 Å². The maximum Gasteiger partial charge on any atom is 0.0641 e. The van der Waals surface area contributed by atoms with Crippen molar-refractivity contribution in [2.24, 2.45) is 23.2 Å². The van der Waals surface area contributed by atoms with E-state index in [1.807, 2.05) is 0 Å². The summed E-state index contributed by atoms with van der Waals surface area (Å²) in [5.41, 5.74) is 1.16. The summed E-state index contributed by atoms with van der Waals surface area (Å²) < 4.78 is 0. The van der Waals surface area contributed by atoms with Crippen molar-refractivity contribution in [3.63, 3.8) is 0 Å². The predicted molar refractivity (Wildman–Crippen MR) is 69.6 cm³/mol. The summed E-state index contributed by atoms with van der Waals surface area (Å²) in [7, 11) is 0. The highest BCUT2D eigenvalue weighted by Gasteiger charge is 2.49. The number of rotatable bonds is 2. The molecule has 2 aliphatic rings. The number of hydrogen-bond acceptors (Lipinski definition) is 2. The van der Waals surface area contributed by atoms with Crippen molar-refractivity contribution in [2.45, 2.75) is 52.6 Å². The molecule has 0 bridgehead atoms. The number of fused-ring (bicyclic) bond motifs is 1. The van der Waals surface area contributed by atoms with Gasteiger partial charge in [-0.15, -0.1) is 0 Å². The molecule has 1 saturated carbocycles. The molecule has 0 radical (unpaired) electrons. The van der Waals surface area contributed by atoms with Crippen molar-refractivity contribution >= 4 is 0 Å². The van der Waals surface area contributed by atoms with E-state index in [2.05, 4.69) is 26.8 Å². The Bertz CT molecular complexity index is 308. The lowest BCUT2D eigenvalue weighted by Crippen LogP contribution is -2.36. The third kappa shape index (κ3) is 2.17. The number of aliphatic hydroxyl groups excluding tert-OH is 2. The standard InChI is InChI=1S/C15H26O2/c1-10(2)12-6-7-15(3)13(12)8-11(9-16)4-5-14(15)17/h8,10,12-14,16-17H,4-7,9H2,1-3H3/t12-,13-,14-,15+/m0/s1. The lowest BCUT2D eigenvalue weighted by molar-refractivity contribution is 0.0109. The van der Waals surface area contributed by atoms with Gasteiger partial charge in [-0.2, -0.15) is 0 Å². The third-order valence-corrected chi connectivity index (χ3v) is 5.21. The van der Waals surface area contributed by atoms with Crippen LogP contribution in [0.1, 0.15) is 46.5 Å². The zero-order chi connectivity index (χ0) is 12.6. The third-order valence-electron chi connectivity index (χ3n) is 5.21. The summed E-state index contributed by atoms with van der Waals surface area (Å²) in [6, 6.07) is 0. The molecule has 2 heteroatoms. The summed E-state index contributed by atoms with van der Waals surface area (Å²) in [6.07, 6.45) is 6.07. The first kappa shape index (κ1) is 13.1. The van der Waals surface area contributed by atoms with Gasteiger partial charge in [0.1, 0.15) is 0 Å². The van der Waals surface area contributed by atoms with E-state index in [0.29, 0.717) is 17.8 Å². The molecule has 2 nitrogen and oxygen atoms in total. The second kappa shape index (κ2) is 4.74. The fourth-order valence-corrected chi connectivity index (χ4v) is 3.88. The molecular formula is C15H26O2. The normalized spacial score (nSPS) is 42.2. The van der Waals surface area contributed by atoms with Gasteiger partial charge in [0.05, 0.1) is 12.7 Å². The summed E-state index contributed by atoms with van der Waals surface area (Å²) in [4.78, 5) is 0. The Hall–Kier alpha value is -0.340. The molecule has 17 heavy (non-hydrogen) atoms. The Morgan fingerprint density at radius 1 is 1.41 bits per heavy atom. The number of hydrogen-bond donors (Lipinski definition) is 2. The van der Waals surface area contributed by atoms with E-state index in [1.54, 1.807) is 0 Å². The molecule has 0 amide bonds. The monoisotopic (exact) mass is 238 g/mol. The van der Waals surface area contributed by atoms with E-state index in [1.165, 1.54) is 6.42 Å². The Balaban J connectivity index is 2.33. The van der Waals surface area contributed by atoms with Gasteiger partial charge in [-0.1, -0.05) is 26.8 Å². The lowest BCUT2D eigenvalue weighted by Gasteiger charge is -2.36. The molecule has 0 heterocycles. The van der Waals surface area contributed by atoms with Crippen molar-refractivity contribution in [2.75, 3.05) is 6.61 Å². The summed E-state index contributed by atoms with van der Waals surface area (Å²) in [5, 5.41) is 19.8. The van der Waals surface area contributed by atoms with Crippen LogP contribution in [0.2, 0.25) is 0 Å². The predicted octanol–water partition coefficient (Wildman–Crippen LogP) is 2.75. The molecule has 0 aliphatic heterocycles. The second-order valence-corrected chi connectivity index (χ2v) is 6.52. The molecular weight excluding hydrogens is 212 g/mol. The fourth-order valence-electron chi connectivity index (χ4n) is 3.88. The smallest absolute Gasteiger partial charge is 0.0641 e. The van der Waals surface area contributed by atoms with Gasteiger partial charge >= 0.3 is 0 Å². The van der Waals surface area contributed by atoms with Crippen LogP contribution >= 0.6 is 0 Å². The van der Waals surface area contributed by atoms with Crippen LogP contribution in [0, 0.1) is 23.2 Å². The van der Waals surface area contributed by atoms with E-state index in [9.17, 15) is 10.2 Å². The fraction of sp³-hybridized carbons (Fsp3) is 0.867. The van der Waals surface area contributed by atoms with Crippen molar-refractivity contribution in [3.05, 3.63) is 11.6 Å². The zero-order valence-electron chi connectivity index (χ0n) is 11.3. The van der Waals surface area contributed by atoms with Crippen LogP contribution in [0.4, 0.5) is 0 Å².